The molecule has 0 heterocycles. The lowest BCUT2D eigenvalue weighted by Crippen LogP contribution is -2.09. The van der Waals surface area contributed by atoms with E-state index < -0.39 is 0 Å². The van der Waals surface area contributed by atoms with Gasteiger partial charge >= 0.3 is 0 Å². The molecule has 64 valence electrons. The second-order valence-electron chi connectivity index (χ2n) is 3.14. The van der Waals surface area contributed by atoms with E-state index in [1.165, 1.54) is 32.1 Å². The summed E-state index contributed by atoms with van der Waals surface area (Å²) in [7, 11) is 0. The van der Waals surface area contributed by atoms with Crippen molar-refractivity contribution in [3.05, 3.63) is 0 Å². The molecule has 1 N–H and O–H groups in total. The maximum Gasteiger partial charge on any atom is 0.0495 e. The minimum Gasteiger partial charge on any atom is -0.396 e. The molecule has 0 aromatic rings. The third-order valence-corrected chi connectivity index (χ3v) is 2.15. The number of nitrogens with zero attached hydrogens (tertiary/aromatic N) is 1. The highest BCUT2D eigenvalue weighted by Crippen LogP contribution is 2.19. The first-order valence-electron chi connectivity index (χ1n) is 4.56. The molecule has 0 saturated heterocycles. The van der Waals surface area contributed by atoms with Crippen molar-refractivity contribution in [2.75, 3.05) is 6.61 Å². The lowest BCUT2D eigenvalue weighted by atomic mass is 9.96. The van der Waals surface area contributed by atoms with E-state index in [0.717, 1.165) is 6.42 Å². The molecule has 1 aliphatic carbocycles. The van der Waals surface area contributed by atoms with Crippen molar-refractivity contribution in [1.82, 2.24) is 0 Å². The average Bonchev–Trinajstić information content (AvgIpc) is 2.07. The first-order valence-corrected chi connectivity index (χ1v) is 4.56. The SMILES string of the molecule is OCCC=NC1CCCCC1. The monoisotopic (exact) mass is 155 g/mol. The summed E-state index contributed by atoms with van der Waals surface area (Å²) >= 11 is 0. The molecule has 0 aromatic heterocycles. The van der Waals surface area contributed by atoms with E-state index in [2.05, 4.69) is 4.99 Å². The molecule has 2 nitrogen and oxygen atoms in total. The lowest BCUT2D eigenvalue weighted by Gasteiger charge is -2.16. The van der Waals surface area contributed by atoms with Gasteiger partial charge in [0.1, 0.15) is 0 Å². The van der Waals surface area contributed by atoms with E-state index in [1.54, 1.807) is 0 Å². The average molecular weight is 155 g/mol. The number of aliphatic hydroxyl groups excluding tert-OH is 1. The maximum atomic E-state index is 8.50. The smallest absolute Gasteiger partial charge is 0.0495 e. The summed E-state index contributed by atoms with van der Waals surface area (Å²) in [6.45, 7) is 0.232. The van der Waals surface area contributed by atoms with Crippen LogP contribution in [0.15, 0.2) is 4.99 Å². The van der Waals surface area contributed by atoms with Crippen LogP contribution in [0, 0.1) is 0 Å². The Bertz CT molecular complexity index is 117. The molecule has 0 unspecified atom stereocenters. The molecular weight excluding hydrogens is 138 g/mol. The van der Waals surface area contributed by atoms with Gasteiger partial charge in [-0.1, -0.05) is 19.3 Å². The Morgan fingerprint density at radius 1 is 1.27 bits per heavy atom. The molecule has 0 radical (unpaired) electrons. The van der Waals surface area contributed by atoms with E-state index in [9.17, 15) is 0 Å². The van der Waals surface area contributed by atoms with Crippen LogP contribution >= 0.6 is 0 Å². The van der Waals surface area contributed by atoms with Gasteiger partial charge in [-0.3, -0.25) is 4.99 Å². The van der Waals surface area contributed by atoms with E-state index >= 15 is 0 Å². The Kier molecular flexibility index (Phi) is 4.21. The summed E-state index contributed by atoms with van der Waals surface area (Å²) < 4.78 is 0. The summed E-state index contributed by atoms with van der Waals surface area (Å²) in [5.41, 5.74) is 0. The molecule has 0 bridgehead atoms. The predicted molar refractivity (Wildman–Crippen MR) is 47.1 cm³/mol. The molecule has 1 saturated carbocycles. The highest BCUT2D eigenvalue weighted by Gasteiger charge is 2.09. The van der Waals surface area contributed by atoms with Crippen LogP contribution in [0.3, 0.4) is 0 Å². The summed E-state index contributed by atoms with van der Waals surface area (Å²) in [6.07, 6.45) is 9.14. The Morgan fingerprint density at radius 3 is 2.64 bits per heavy atom. The second kappa shape index (κ2) is 5.30. The fourth-order valence-corrected chi connectivity index (χ4v) is 1.51. The zero-order valence-corrected chi connectivity index (χ0v) is 7.00. The van der Waals surface area contributed by atoms with Crippen molar-refractivity contribution >= 4 is 6.21 Å². The van der Waals surface area contributed by atoms with Crippen LogP contribution in [0.5, 0.6) is 0 Å². The highest BCUT2D eigenvalue weighted by atomic mass is 16.2. The molecule has 1 rings (SSSR count). The Balaban J connectivity index is 2.13. The summed E-state index contributed by atoms with van der Waals surface area (Å²) in [5.74, 6) is 0. The first-order chi connectivity index (χ1) is 5.43. The van der Waals surface area contributed by atoms with Gasteiger partial charge in [-0.05, 0) is 12.8 Å². The van der Waals surface area contributed by atoms with Gasteiger partial charge in [0, 0.05) is 25.3 Å². The largest absolute Gasteiger partial charge is 0.396 e. The number of hydrogen-bond donors (Lipinski definition) is 1. The number of hydrogen-bond acceptors (Lipinski definition) is 2. The summed E-state index contributed by atoms with van der Waals surface area (Å²) in [5, 5.41) is 8.50. The van der Waals surface area contributed by atoms with Crippen LogP contribution in [0.2, 0.25) is 0 Å². The minimum absolute atomic E-state index is 0.232. The van der Waals surface area contributed by atoms with Gasteiger partial charge in [0.15, 0.2) is 0 Å². The van der Waals surface area contributed by atoms with Crippen LogP contribution in [0.1, 0.15) is 38.5 Å². The molecule has 0 aliphatic heterocycles. The van der Waals surface area contributed by atoms with Gasteiger partial charge < -0.3 is 5.11 Å². The van der Waals surface area contributed by atoms with Gasteiger partial charge in [-0.2, -0.15) is 0 Å². The Hall–Kier alpha value is -0.370. The van der Waals surface area contributed by atoms with Crippen LogP contribution < -0.4 is 0 Å². The standard InChI is InChI=1S/C9H17NO/c11-8-4-7-10-9-5-2-1-3-6-9/h7,9,11H,1-6,8H2. The molecule has 1 fully saturated rings. The van der Waals surface area contributed by atoms with Crippen molar-refractivity contribution in [2.24, 2.45) is 4.99 Å². The van der Waals surface area contributed by atoms with E-state index in [4.69, 9.17) is 5.11 Å². The van der Waals surface area contributed by atoms with Crippen LogP contribution in [-0.2, 0) is 0 Å². The number of aliphatic imine (C=N–C) groups is 1. The Morgan fingerprint density at radius 2 is 2.00 bits per heavy atom. The first kappa shape index (κ1) is 8.72. The second-order valence-corrected chi connectivity index (χ2v) is 3.14. The summed E-state index contributed by atoms with van der Waals surface area (Å²) in [4.78, 5) is 4.39. The third kappa shape index (κ3) is 3.51. The van der Waals surface area contributed by atoms with Crippen molar-refractivity contribution in [3.63, 3.8) is 0 Å². The van der Waals surface area contributed by atoms with Gasteiger partial charge in [0.05, 0.1) is 0 Å². The third-order valence-electron chi connectivity index (χ3n) is 2.15. The quantitative estimate of drug-likeness (QED) is 0.619. The van der Waals surface area contributed by atoms with Gasteiger partial charge in [0.25, 0.3) is 0 Å². The molecular formula is C9H17NO. The topological polar surface area (TPSA) is 32.6 Å². The molecule has 0 spiro atoms. The van der Waals surface area contributed by atoms with E-state index in [-0.39, 0.29) is 6.61 Å². The molecule has 1 aliphatic rings. The molecule has 11 heavy (non-hydrogen) atoms. The zero-order chi connectivity index (χ0) is 7.94. The fourth-order valence-electron chi connectivity index (χ4n) is 1.51. The van der Waals surface area contributed by atoms with Crippen LogP contribution in [0.25, 0.3) is 0 Å². The van der Waals surface area contributed by atoms with E-state index in [1.807, 2.05) is 6.21 Å². The number of aliphatic hydroxyl groups is 1. The van der Waals surface area contributed by atoms with Crippen LogP contribution in [-0.4, -0.2) is 24.0 Å². The highest BCUT2D eigenvalue weighted by molar-refractivity contribution is 5.57. The predicted octanol–water partition coefficient (Wildman–Crippen LogP) is 1.77. The van der Waals surface area contributed by atoms with Crippen LogP contribution in [0.4, 0.5) is 0 Å². The van der Waals surface area contributed by atoms with E-state index in [0.29, 0.717) is 6.04 Å². The van der Waals surface area contributed by atoms with Crippen molar-refractivity contribution < 1.29 is 5.11 Å². The maximum absolute atomic E-state index is 8.50. The van der Waals surface area contributed by atoms with Gasteiger partial charge in [-0.15, -0.1) is 0 Å². The zero-order valence-electron chi connectivity index (χ0n) is 7.00. The van der Waals surface area contributed by atoms with Gasteiger partial charge in [0.2, 0.25) is 0 Å². The lowest BCUT2D eigenvalue weighted by molar-refractivity contribution is 0.308. The molecule has 0 atom stereocenters. The molecule has 2 heteroatoms. The number of rotatable bonds is 3. The van der Waals surface area contributed by atoms with Crippen molar-refractivity contribution in [2.45, 2.75) is 44.6 Å². The minimum atomic E-state index is 0.232. The fraction of sp³-hybridized carbons (Fsp3) is 0.889. The van der Waals surface area contributed by atoms with Crippen molar-refractivity contribution in [3.8, 4) is 0 Å². The van der Waals surface area contributed by atoms with Gasteiger partial charge in [-0.25, -0.2) is 0 Å². The van der Waals surface area contributed by atoms with Crippen molar-refractivity contribution in [1.29, 1.82) is 0 Å². The normalized spacial score (nSPS) is 21.2. The Labute approximate surface area is 68.3 Å². The molecule has 0 aromatic carbocycles. The molecule has 0 amide bonds. The summed E-state index contributed by atoms with van der Waals surface area (Å²) in [6, 6.07) is 0.565.